The Kier molecular flexibility index (Phi) is 5.60. The Morgan fingerprint density at radius 3 is 2.38 bits per heavy atom. The summed E-state index contributed by atoms with van der Waals surface area (Å²) < 4.78 is 0. The summed E-state index contributed by atoms with van der Waals surface area (Å²) in [7, 11) is 0. The molecule has 0 bridgehead atoms. The molecular formula is C18H31N3. The van der Waals surface area contributed by atoms with Gasteiger partial charge in [0, 0.05) is 23.7 Å². The molecule has 0 amide bonds. The minimum absolute atomic E-state index is 0.463. The average Bonchev–Trinajstić information content (AvgIpc) is 2.44. The minimum Gasteiger partial charge on any atom is -0.370 e. The third-order valence-electron chi connectivity index (χ3n) is 4.65. The molecule has 1 N–H and O–H groups in total. The lowest BCUT2D eigenvalue weighted by Gasteiger charge is -2.26. The highest BCUT2D eigenvalue weighted by atomic mass is 15.0. The fraction of sp³-hybridized carbons (Fsp3) is 0.778. The Labute approximate surface area is 130 Å². The van der Waals surface area contributed by atoms with E-state index >= 15 is 0 Å². The zero-order valence-electron chi connectivity index (χ0n) is 14.4. The SMILES string of the molecule is CCCNc1nc(C2CCC(C)CC2)nc(C)c1C(C)C. The molecule has 1 saturated carbocycles. The van der Waals surface area contributed by atoms with Crippen molar-refractivity contribution in [2.24, 2.45) is 5.92 Å². The summed E-state index contributed by atoms with van der Waals surface area (Å²) in [5.41, 5.74) is 2.45. The summed E-state index contributed by atoms with van der Waals surface area (Å²) in [5.74, 6) is 4.04. The van der Waals surface area contributed by atoms with Gasteiger partial charge in [-0.25, -0.2) is 9.97 Å². The van der Waals surface area contributed by atoms with Crippen molar-refractivity contribution in [1.82, 2.24) is 9.97 Å². The quantitative estimate of drug-likeness (QED) is 0.826. The molecule has 118 valence electrons. The maximum absolute atomic E-state index is 4.92. The number of hydrogen-bond donors (Lipinski definition) is 1. The Bertz CT molecular complexity index is 460. The Hall–Kier alpha value is -1.12. The Balaban J connectivity index is 2.28. The number of anilines is 1. The van der Waals surface area contributed by atoms with Crippen LogP contribution in [0.25, 0.3) is 0 Å². The highest BCUT2D eigenvalue weighted by Crippen LogP contribution is 2.35. The number of aryl methyl sites for hydroxylation is 1. The summed E-state index contributed by atoms with van der Waals surface area (Å²) in [4.78, 5) is 9.78. The third kappa shape index (κ3) is 3.96. The fourth-order valence-corrected chi connectivity index (χ4v) is 3.37. The van der Waals surface area contributed by atoms with Gasteiger partial charge in [-0.2, -0.15) is 0 Å². The highest BCUT2D eigenvalue weighted by Gasteiger charge is 2.24. The lowest BCUT2D eigenvalue weighted by molar-refractivity contribution is 0.339. The first-order valence-corrected chi connectivity index (χ1v) is 8.65. The van der Waals surface area contributed by atoms with Crippen molar-refractivity contribution in [3.05, 3.63) is 17.1 Å². The van der Waals surface area contributed by atoms with Crippen LogP contribution in [0.5, 0.6) is 0 Å². The maximum Gasteiger partial charge on any atom is 0.134 e. The van der Waals surface area contributed by atoms with E-state index < -0.39 is 0 Å². The van der Waals surface area contributed by atoms with Crippen LogP contribution >= 0.6 is 0 Å². The summed E-state index contributed by atoms with van der Waals surface area (Å²) in [6.45, 7) is 12.1. The van der Waals surface area contributed by atoms with Gasteiger partial charge in [0.1, 0.15) is 11.6 Å². The van der Waals surface area contributed by atoms with Crippen LogP contribution in [0.3, 0.4) is 0 Å². The van der Waals surface area contributed by atoms with Crippen molar-refractivity contribution in [2.45, 2.75) is 78.6 Å². The summed E-state index contributed by atoms with van der Waals surface area (Å²) in [6, 6.07) is 0. The van der Waals surface area contributed by atoms with E-state index in [2.05, 4.69) is 39.9 Å². The van der Waals surface area contributed by atoms with Crippen LogP contribution in [0, 0.1) is 12.8 Å². The van der Waals surface area contributed by atoms with Crippen LogP contribution in [0.2, 0.25) is 0 Å². The molecule has 0 aliphatic heterocycles. The third-order valence-corrected chi connectivity index (χ3v) is 4.65. The van der Waals surface area contributed by atoms with Crippen LogP contribution in [-0.2, 0) is 0 Å². The van der Waals surface area contributed by atoms with Gasteiger partial charge in [-0.15, -0.1) is 0 Å². The largest absolute Gasteiger partial charge is 0.370 e. The van der Waals surface area contributed by atoms with Gasteiger partial charge in [0.2, 0.25) is 0 Å². The van der Waals surface area contributed by atoms with E-state index in [1.165, 1.54) is 31.2 Å². The predicted molar refractivity (Wildman–Crippen MR) is 90.0 cm³/mol. The Morgan fingerprint density at radius 1 is 1.14 bits per heavy atom. The molecule has 0 radical (unpaired) electrons. The molecule has 1 heterocycles. The molecule has 0 spiro atoms. The molecule has 3 nitrogen and oxygen atoms in total. The van der Waals surface area contributed by atoms with Crippen molar-refractivity contribution < 1.29 is 0 Å². The van der Waals surface area contributed by atoms with Crippen molar-refractivity contribution in [3.63, 3.8) is 0 Å². The number of nitrogens with zero attached hydrogens (tertiary/aromatic N) is 2. The normalized spacial score (nSPS) is 22.6. The average molecular weight is 289 g/mol. The standard InChI is InChI=1S/C18H31N3/c1-6-11-19-18-16(12(2)3)14(5)20-17(21-18)15-9-7-13(4)8-10-15/h12-13,15H,6-11H2,1-5H3,(H,19,20,21). The first kappa shape index (κ1) is 16.3. The van der Waals surface area contributed by atoms with Gasteiger partial charge < -0.3 is 5.32 Å². The molecule has 1 aliphatic rings. The lowest BCUT2D eigenvalue weighted by Crippen LogP contribution is -2.17. The van der Waals surface area contributed by atoms with E-state index in [4.69, 9.17) is 9.97 Å². The van der Waals surface area contributed by atoms with Gasteiger partial charge in [0.15, 0.2) is 0 Å². The fourth-order valence-electron chi connectivity index (χ4n) is 3.37. The predicted octanol–water partition coefficient (Wildman–Crippen LogP) is 5.02. The smallest absolute Gasteiger partial charge is 0.134 e. The molecule has 1 aromatic heterocycles. The van der Waals surface area contributed by atoms with E-state index in [1.54, 1.807) is 0 Å². The molecule has 21 heavy (non-hydrogen) atoms. The lowest BCUT2D eigenvalue weighted by atomic mass is 9.82. The number of hydrogen-bond acceptors (Lipinski definition) is 3. The van der Waals surface area contributed by atoms with Gasteiger partial charge in [-0.1, -0.05) is 40.5 Å². The van der Waals surface area contributed by atoms with Gasteiger partial charge in [-0.3, -0.25) is 0 Å². The van der Waals surface area contributed by atoms with Crippen LogP contribution in [0.1, 0.15) is 88.7 Å². The number of rotatable bonds is 5. The van der Waals surface area contributed by atoms with E-state index in [0.717, 1.165) is 36.2 Å². The first-order valence-electron chi connectivity index (χ1n) is 8.65. The number of nitrogens with one attached hydrogen (secondary N) is 1. The molecule has 0 unspecified atom stereocenters. The second kappa shape index (κ2) is 7.24. The topological polar surface area (TPSA) is 37.8 Å². The summed E-state index contributed by atoms with van der Waals surface area (Å²) in [5, 5.41) is 3.52. The van der Waals surface area contributed by atoms with E-state index in [0.29, 0.717) is 11.8 Å². The summed E-state index contributed by atoms with van der Waals surface area (Å²) >= 11 is 0. The molecule has 2 rings (SSSR count). The van der Waals surface area contributed by atoms with Crippen molar-refractivity contribution in [1.29, 1.82) is 0 Å². The number of aromatic nitrogens is 2. The molecular weight excluding hydrogens is 258 g/mol. The van der Waals surface area contributed by atoms with Gasteiger partial charge in [0.05, 0.1) is 0 Å². The molecule has 1 aromatic rings. The van der Waals surface area contributed by atoms with Crippen molar-refractivity contribution >= 4 is 5.82 Å². The maximum atomic E-state index is 4.92. The molecule has 1 aliphatic carbocycles. The minimum atomic E-state index is 0.463. The van der Waals surface area contributed by atoms with Crippen LogP contribution < -0.4 is 5.32 Å². The van der Waals surface area contributed by atoms with Crippen LogP contribution in [0.4, 0.5) is 5.82 Å². The zero-order valence-corrected chi connectivity index (χ0v) is 14.4. The highest BCUT2D eigenvalue weighted by molar-refractivity contribution is 5.48. The second-order valence-electron chi connectivity index (χ2n) is 6.97. The van der Waals surface area contributed by atoms with E-state index in [9.17, 15) is 0 Å². The van der Waals surface area contributed by atoms with Crippen molar-refractivity contribution in [2.75, 3.05) is 11.9 Å². The van der Waals surface area contributed by atoms with Gasteiger partial charge in [0.25, 0.3) is 0 Å². The Morgan fingerprint density at radius 2 is 1.81 bits per heavy atom. The van der Waals surface area contributed by atoms with Crippen LogP contribution in [-0.4, -0.2) is 16.5 Å². The molecule has 0 saturated heterocycles. The second-order valence-corrected chi connectivity index (χ2v) is 6.97. The zero-order chi connectivity index (χ0) is 15.4. The van der Waals surface area contributed by atoms with Crippen LogP contribution in [0.15, 0.2) is 0 Å². The molecule has 1 fully saturated rings. The monoisotopic (exact) mass is 289 g/mol. The molecule has 0 atom stereocenters. The van der Waals surface area contributed by atoms with E-state index in [-0.39, 0.29) is 0 Å². The molecule has 3 heteroatoms. The van der Waals surface area contributed by atoms with Gasteiger partial charge in [-0.05, 0) is 38.0 Å². The summed E-state index contributed by atoms with van der Waals surface area (Å²) in [6.07, 6.45) is 6.24. The van der Waals surface area contributed by atoms with Gasteiger partial charge >= 0.3 is 0 Å². The molecule has 0 aromatic carbocycles. The van der Waals surface area contributed by atoms with Crippen molar-refractivity contribution in [3.8, 4) is 0 Å². The van der Waals surface area contributed by atoms with E-state index in [1.807, 2.05) is 0 Å². The first-order chi connectivity index (χ1) is 10.0.